The second-order valence-corrected chi connectivity index (χ2v) is 5.73. The third kappa shape index (κ3) is 3.36. The molecule has 0 saturated carbocycles. The van der Waals surface area contributed by atoms with Crippen LogP contribution in [0.5, 0.6) is 0 Å². The molecule has 1 aromatic carbocycles. The number of aliphatic imine (C=N–C) groups is 1. The predicted molar refractivity (Wildman–Crippen MR) is 76.6 cm³/mol. The molecule has 1 aliphatic heterocycles. The van der Waals surface area contributed by atoms with Crippen LogP contribution in [0.1, 0.15) is 26.3 Å². The Morgan fingerprint density at radius 2 is 2.05 bits per heavy atom. The maximum atomic E-state index is 9.36. The van der Waals surface area contributed by atoms with Gasteiger partial charge in [0.2, 0.25) is 0 Å². The van der Waals surface area contributed by atoms with Crippen molar-refractivity contribution in [2.24, 2.45) is 10.9 Å². The second kappa shape index (κ2) is 5.35. The van der Waals surface area contributed by atoms with E-state index in [2.05, 4.69) is 4.99 Å². The molecule has 1 heterocycles. The van der Waals surface area contributed by atoms with Crippen LogP contribution < -0.4 is 5.46 Å². The van der Waals surface area contributed by atoms with E-state index in [1.165, 1.54) is 0 Å². The molecule has 102 valence electrons. The van der Waals surface area contributed by atoms with E-state index < -0.39 is 7.12 Å². The summed E-state index contributed by atoms with van der Waals surface area (Å²) in [6.45, 7) is 6.73. The van der Waals surface area contributed by atoms with Gasteiger partial charge in [0.15, 0.2) is 5.90 Å². The Balaban J connectivity index is 2.14. The number of nitrogens with zero attached hydrogens (tertiary/aromatic N) is 1. The Morgan fingerprint density at radius 1 is 1.37 bits per heavy atom. The van der Waals surface area contributed by atoms with Crippen molar-refractivity contribution in [1.82, 2.24) is 0 Å². The van der Waals surface area contributed by atoms with Crippen molar-refractivity contribution in [2.45, 2.75) is 32.7 Å². The van der Waals surface area contributed by atoms with E-state index in [1.807, 2.05) is 32.9 Å². The molecule has 0 aromatic heterocycles. The first-order valence-corrected chi connectivity index (χ1v) is 6.55. The fraction of sp³-hybridized carbons (Fsp3) is 0.500. The molecule has 0 fully saturated rings. The lowest BCUT2D eigenvalue weighted by molar-refractivity contribution is 0.266. The maximum Gasteiger partial charge on any atom is 0.488 e. The molecule has 1 aliphatic rings. The molecule has 1 aromatic rings. The third-order valence-corrected chi connectivity index (χ3v) is 3.27. The average Bonchev–Trinajstić information content (AvgIpc) is 2.70. The number of hydrogen-bond acceptors (Lipinski definition) is 4. The van der Waals surface area contributed by atoms with E-state index >= 15 is 0 Å². The highest BCUT2D eigenvalue weighted by Gasteiger charge is 2.29. The highest BCUT2D eigenvalue weighted by atomic mass is 16.5. The molecule has 2 rings (SSSR count). The van der Waals surface area contributed by atoms with E-state index in [-0.39, 0.29) is 11.5 Å². The van der Waals surface area contributed by atoms with Gasteiger partial charge in [0.1, 0.15) is 6.61 Å². The van der Waals surface area contributed by atoms with Crippen LogP contribution in [0.15, 0.2) is 29.3 Å². The molecule has 2 N–H and O–H groups in total. The molecule has 1 atom stereocenters. The van der Waals surface area contributed by atoms with Crippen LogP contribution in [0.3, 0.4) is 0 Å². The summed E-state index contributed by atoms with van der Waals surface area (Å²) in [5.41, 5.74) is 1.31. The lowest BCUT2D eigenvalue weighted by atomic mass is 9.75. The molecule has 0 spiro atoms. The minimum absolute atomic E-state index is 0.127. The van der Waals surface area contributed by atoms with Gasteiger partial charge in [-0.2, -0.15) is 0 Å². The Morgan fingerprint density at radius 3 is 2.63 bits per heavy atom. The third-order valence-electron chi connectivity index (χ3n) is 3.27. The number of benzene rings is 1. The first kappa shape index (κ1) is 14.1. The average molecular weight is 261 g/mol. The fourth-order valence-electron chi connectivity index (χ4n) is 2.26. The van der Waals surface area contributed by atoms with Gasteiger partial charge in [0, 0.05) is 5.92 Å². The Hall–Kier alpha value is -1.33. The van der Waals surface area contributed by atoms with Gasteiger partial charge < -0.3 is 14.8 Å². The van der Waals surface area contributed by atoms with E-state index in [0.29, 0.717) is 18.5 Å². The zero-order valence-corrected chi connectivity index (χ0v) is 11.6. The predicted octanol–water partition coefficient (Wildman–Crippen LogP) is 0.752. The summed E-state index contributed by atoms with van der Waals surface area (Å²) in [5, 5.41) is 18.7. The largest absolute Gasteiger partial charge is 0.488 e. The molecule has 0 bridgehead atoms. The molecular weight excluding hydrogens is 241 g/mol. The first-order chi connectivity index (χ1) is 8.89. The van der Waals surface area contributed by atoms with Crippen LogP contribution in [-0.4, -0.2) is 35.2 Å². The zero-order chi connectivity index (χ0) is 14.0. The SMILES string of the molecule is CC(Cc1ccccc1B(O)O)C1=NC(C)(C)CO1. The van der Waals surface area contributed by atoms with Gasteiger partial charge >= 0.3 is 7.12 Å². The van der Waals surface area contributed by atoms with E-state index in [1.54, 1.807) is 12.1 Å². The van der Waals surface area contributed by atoms with Crippen LogP contribution in [0.4, 0.5) is 0 Å². The highest BCUT2D eigenvalue weighted by molar-refractivity contribution is 6.59. The van der Waals surface area contributed by atoms with Gasteiger partial charge in [-0.1, -0.05) is 31.2 Å². The van der Waals surface area contributed by atoms with E-state index in [0.717, 1.165) is 11.5 Å². The molecule has 19 heavy (non-hydrogen) atoms. The fourth-order valence-corrected chi connectivity index (χ4v) is 2.26. The minimum Gasteiger partial charge on any atom is -0.478 e. The van der Waals surface area contributed by atoms with Crippen molar-refractivity contribution in [3.05, 3.63) is 29.8 Å². The van der Waals surface area contributed by atoms with Crippen molar-refractivity contribution in [1.29, 1.82) is 0 Å². The summed E-state index contributed by atoms with van der Waals surface area (Å²) in [6, 6.07) is 7.34. The van der Waals surface area contributed by atoms with Crippen molar-refractivity contribution in [3.8, 4) is 0 Å². The lowest BCUT2D eigenvalue weighted by Gasteiger charge is -2.14. The Bertz CT molecular complexity index is 485. The summed E-state index contributed by atoms with van der Waals surface area (Å²) in [4.78, 5) is 4.56. The summed E-state index contributed by atoms with van der Waals surface area (Å²) in [7, 11) is -1.44. The zero-order valence-electron chi connectivity index (χ0n) is 11.6. The second-order valence-electron chi connectivity index (χ2n) is 5.73. The minimum atomic E-state index is -1.44. The summed E-state index contributed by atoms with van der Waals surface area (Å²) in [5.74, 6) is 0.883. The normalized spacial score (nSPS) is 18.7. The number of rotatable bonds is 4. The summed E-state index contributed by atoms with van der Waals surface area (Å²) in [6.07, 6.45) is 0.683. The van der Waals surface area contributed by atoms with Crippen molar-refractivity contribution in [2.75, 3.05) is 6.61 Å². The Kier molecular flexibility index (Phi) is 3.97. The molecular formula is C14H20BNO3. The lowest BCUT2D eigenvalue weighted by Crippen LogP contribution is -2.34. The van der Waals surface area contributed by atoms with Crippen molar-refractivity contribution >= 4 is 18.5 Å². The van der Waals surface area contributed by atoms with Gasteiger partial charge in [-0.25, -0.2) is 4.99 Å². The quantitative estimate of drug-likeness (QED) is 0.786. The molecule has 1 unspecified atom stereocenters. The van der Waals surface area contributed by atoms with Crippen LogP contribution >= 0.6 is 0 Å². The highest BCUT2D eigenvalue weighted by Crippen LogP contribution is 2.22. The molecule has 0 amide bonds. The summed E-state index contributed by atoms with van der Waals surface area (Å²) >= 11 is 0. The molecule has 0 aliphatic carbocycles. The maximum absolute atomic E-state index is 9.36. The van der Waals surface area contributed by atoms with Gasteiger partial charge in [0.05, 0.1) is 5.54 Å². The van der Waals surface area contributed by atoms with Gasteiger partial charge in [-0.15, -0.1) is 0 Å². The van der Waals surface area contributed by atoms with Crippen LogP contribution in [-0.2, 0) is 11.2 Å². The van der Waals surface area contributed by atoms with Crippen molar-refractivity contribution in [3.63, 3.8) is 0 Å². The van der Waals surface area contributed by atoms with Crippen LogP contribution in [0.25, 0.3) is 0 Å². The van der Waals surface area contributed by atoms with Gasteiger partial charge in [0.25, 0.3) is 0 Å². The standard InChI is InChI=1S/C14H20BNO3/c1-10(13-16-14(2,3)9-19-13)8-11-6-4-5-7-12(11)15(17)18/h4-7,10,17-18H,8-9H2,1-3H3. The first-order valence-electron chi connectivity index (χ1n) is 6.55. The van der Waals surface area contributed by atoms with E-state index in [4.69, 9.17) is 4.74 Å². The molecule has 0 saturated heterocycles. The topological polar surface area (TPSA) is 62.0 Å². The number of ether oxygens (including phenoxy) is 1. The molecule has 5 heteroatoms. The van der Waals surface area contributed by atoms with E-state index in [9.17, 15) is 10.0 Å². The molecule has 4 nitrogen and oxygen atoms in total. The van der Waals surface area contributed by atoms with Crippen LogP contribution in [0, 0.1) is 5.92 Å². The van der Waals surface area contributed by atoms with Gasteiger partial charge in [-0.05, 0) is 31.3 Å². The van der Waals surface area contributed by atoms with Crippen molar-refractivity contribution < 1.29 is 14.8 Å². The van der Waals surface area contributed by atoms with Crippen LogP contribution in [0.2, 0.25) is 0 Å². The molecule has 0 radical (unpaired) electrons. The smallest absolute Gasteiger partial charge is 0.478 e. The van der Waals surface area contributed by atoms with Gasteiger partial charge in [-0.3, -0.25) is 0 Å². The number of hydrogen-bond donors (Lipinski definition) is 2. The Labute approximate surface area is 114 Å². The monoisotopic (exact) mass is 261 g/mol. The summed E-state index contributed by atoms with van der Waals surface area (Å²) < 4.78 is 5.63.